The molecule has 3 heterocycles. The van der Waals surface area contributed by atoms with Crippen LogP contribution >= 0.6 is 0 Å². The van der Waals surface area contributed by atoms with Crippen LogP contribution in [-0.4, -0.2) is 71.1 Å². The van der Waals surface area contributed by atoms with Crippen molar-refractivity contribution in [2.75, 3.05) is 18.0 Å². The van der Waals surface area contributed by atoms with Crippen LogP contribution in [0.2, 0.25) is 0 Å². The van der Waals surface area contributed by atoms with Gasteiger partial charge in [-0.3, -0.25) is 4.79 Å². The van der Waals surface area contributed by atoms with Gasteiger partial charge in [-0.15, -0.1) is 0 Å². The second-order valence-corrected chi connectivity index (χ2v) is 12.1. The molecule has 0 spiro atoms. The van der Waals surface area contributed by atoms with Crippen molar-refractivity contribution >= 4 is 30.5 Å². The fraction of sp³-hybridized carbons (Fsp3) is 0.760. The monoisotopic (exact) mass is 503 g/mol. The Hall–Kier alpha value is -2.40. The highest BCUT2D eigenvalue weighted by molar-refractivity contribution is 6.61. The average Bonchev–Trinajstić information content (AvgIpc) is 2.98. The number of hydrogen-bond donors (Lipinski definition) is 2. The third-order valence-electron chi connectivity index (χ3n) is 6.86. The first-order chi connectivity index (χ1) is 16.6. The van der Waals surface area contributed by atoms with Gasteiger partial charge in [-0.2, -0.15) is 0 Å². The molecule has 2 unspecified atom stereocenters. The first-order valence-electron chi connectivity index (χ1n) is 12.8. The lowest BCUT2D eigenvalue weighted by Crippen LogP contribution is -2.56. The van der Waals surface area contributed by atoms with Crippen LogP contribution < -0.4 is 21.0 Å². The zero-order valence-corrected chi connectivity index (χ0v) is 23.2. The number of ether oxygens (including phenoxy) is 1. The van der Waals surface area contributed by atoms with Crippen molar-refractivity contribution in [3.05, 3.63) is 12.4 Å². The number of nitrogens with zero attached hydrogens (tertiary/aromatic N) is 3. The number of carbonyl (C=O) groups is 2. The number of aromatic nitrogens is 2. The maximum Gasteiger partial charge on any atom is 0.498 e. The Labute approximate surface area is 215 Å². The number of piperidine rings is 1. The SMILES string of the molecule is CC(C)C(NC(=O)OC(C)(C)C)C(=O)NC1CCCN(c2ncc(B3OC(C)(C)C(C)(C)O3)cn2)C1. The Kier molecular flexibility index (Phi) is 8.25. The quantitative estimate of drug-likeness (QED) is 0.569. The number of amides is 2. The molecule has 0 bridgehead atoms. The summed E-state index contributed by atoms with van der Waals surface area (Å²) in [6, 6.07) is -0.773. The second kappa shape index (κ2) is 10.5. The minimum atomic E-state index is -0.689. The van der Waals surface area contributed by atoms with Crippen molar-refractivity contribution in [2.45, 2.75) is 104 Å². The molecule has 0 aromatic carbocycles. The first-order valence-corrected chi connectivity index (χ1v) is 12.8. The van der Waals surface area contributed by atoms with Crippen LogP contribution in [0.3, 0.4) is 0 Å². The molecule has 0 aliphatic carbocycles. The van der Waals surface area contributed by atoms with E-state index in [0.29, 0.717) is 12.5 Å². The fourth-order valence-corrected chi connectivity index (χ4v) is 4.13. The summed E-state index contributed by atoms with van der Waals surface area (Å²) in [5.74, 6) is 0.282. The Morgan fingerprint density at radius 2 is 1.72 bits per heavy atom. The molecule has 36 heavy (non-hydrogen) atoms. The van der Waals surface area contributed by atoms with Crippen molar-refractivity contribution < 1.29 is 23.6 Å². The number of nitrogens with one attached hydrogen (secondary N) is 2. The summed E-state index contributed by atoms with van der Waals surface area (Å²) in [6.45, 7) is 18.6. The average molecular weight is 503 g/mol. The molecule has 2 fully saturated rings. The van der Waals surface area contributed by atoms with Gasteiger partial charge in [0.15, 0.2) is 0 Å². The minimum Gasteiger partial charge on any atom is -0.444 e. The Balaban J connectivity index is 1.59. The Morgan fingerprint density at radius 1 is 1.14 bits per heavy atom. The number of alkyl carbamates (subject to hydrolysis) is 1. The molecule has 2 N–H and O–H groups in total. The van der Waals surface area contributed by atoms with Gasteiger partial charge in [-0.05, 0) is 67.2 Å². The molecule has 1 aromatic rings. The molecule has 11 heteroatoms. The van der Waals surface area contributed by atoms with Crippen LogP contribution in [0.15, 0.2) is 12.4 Å². The van der Waals surface area contributed by atoms with E-state index < -0.39 is 36.1 Å². The highest BCUT2D eigenvalue weighted by Gasteiger charge is 2.52. The van der Waals surface area contributed by atoms with Gasteiger partial charge in [0, 0.05) is 37.0 Å². The normalized spacial score (nSPS) is 22.3. The molecule has 2 aliphatic heterocycles. The first kappa shape index (κ1) is 28.2. The van der Waals surface area contributed by atoms with Crippen molar-refractivity contribution in [3.8, 4) is 0 Å². The lowest BCUT2D eigenvalue weighted by atomic mass is 9.81. The maximum absolute atomic E-state index is 13.0. The van der Waals surface area contributed by atoms with Gasteiger partial charge in [0.1, 0.15) is 11.6 Å². The zero-order chi connectivity index (χ0) is 26.9. The van der Waals surface area contributed by atoms with Gasteiger partial charge in [0.2, 0.25) is 11.9 Å². The zero-order valence-electron chi connectivity index (χ0n) is 23.2. The summed E-state index contributed by atoms with van der Waals surface area (Å²) in [4.78, 5) is 36.5. The molecule has 200 valence electrons. The predicted octanol–water partition coefficient (Wildman–Crippen LogP) is 2.41. The highest BCUT2D eigenvalue weighted by Crippen LogP contribution is 2.36. The summed E-state index contributed by atoms with van der Waals surface area (Å²) in [5, 5.41) is 5.81. The third-order valence-corrected chi connectivity index (χ3v) is 6.86. The van der Waals surface area contributed by atoms with Crippen LogP contribution in [0, 0.1) is 5.92 Å². The van der Waals surface area contributed by atoms with E-state index in [0.717, 1.165) is 24.8 Å². The number of carbonyl (C=O) groups excluding carboxylic acids is 2. The van der Waals surface area contributed by atoms with Crippen LogP contribution in [0.1, 0.15) is 75.2 Å². The molecule has 2 saturated heterocycles. The van der Waals surface area contributed by atoms with E-state index in [1.165, 1.54) is 0 Å². The highest BCUT2D eigenvalue weighted by atomic mass is 16.7. The van der Waals surface area contributed by atoms with E-state index in [2.05, 4.69) is 25.5 Å². The molecule has 2 amide bonds. The predicted molar refractivity (Wildman–Crippen MR) is 139 cm³/mol. The topological polar surface area (TPSA) is 115 Å². The van der Waals surface area contributed by atoms with Crippen LogP contribution in [0.4, 0.5) is 10.7 Å². The van der Waals surface area contributed by atoms with Gasteiger partial charge in [-0.1, -0.05) is 13.8 Å². The van der Waals surface area contributed by atoms with E-state index in [1.807, 2.05) is 41.5 Å². The van der Waals surface area contributed by atoms with E-state index in [-0.39, 0.29) is 17.9 Å². The molecular weight excluding hydrogens is 461 g/mol. The molecule has 10 nitrogen and oxygen atoms in total. The van der Waals surface area contributed by atoms with Gasteiger partial charge >= 0.3 is 13.2 Å². The van der Waals surface area contributed by atoms with Crippen LogP contribution in [0.25, 0.3) is 0 Å². The molecule has 1 aromatic heterocycles. The second-order valence-electron chi connectivity index (χ2n) is 12.1. The van der Waals surface area contributed by atoms with E-state index in [9.17, 15) is 9.59 Å². The lowest BCUT2D eigenvalue weighted by molar-refractivity contribution is -0.125. The Morgan fingerprint density at radius 3 is 2.25 bits per heavy atom. The van der Waals surface area contributed by atoms with Crippen molar-refractivity contribution in [2.24, 2.45) is 5.92 Å². The largest absolute Gasteiger partial charge is 0.498 e. The number of anilines is 1. The summed E-state index contributed by atoms with van der Waals surface area (Å²) in [7, 11) is -0.511. The molecular formula is C25H42BN5O5. The number of hydrogen-bond acceptors (Lipinski definition) is 8. The standard InChI is InChI=1S/C25H42BN5O5/c1-16(2)19(30-22(33)34-23(3,4)5)20(32)29-18-11-10-12-31(15-18)21-27-13-17(14-28-21)26-35-24(6,7)25(8,9)36-26/h13-14,16,18-19H,10-12,15H2,1-9H3,(H,29,32)(H,30,33). The smallest absolute Gasteiger partial charge is 0.444 e. The van der Waals surface area contributed by atoms with Crippen molar-refractivity contribution in [3.63, 3.8) is 0 Å². The van der Waals surface area contributed by atoms with Gasteiger partial charge in [0.05, 0.1) is 11.2 Å². The molecule has 0 saturated carbocycles. The number of rotatable bonds is 6. The lowest BCUT2D eigenvalue weighted by Gasteiger charge is -2.34. The summed E-state index contributed by atoms with van der Waals surface area (Å²) >= 11 is 0. The fourth-order valence-electron chi connectivity index (χ4n) is 4.13. The maximum atomic E-state index is 13.0. The van der Waals surface area contributed by atoms with Crippen molar-refractivity contribution in [1.29, 1.82) is 0 Å². The van der Waals surface area contributed by atoms with E-state index in [4.69, 9.17) is 14.0 Å². The van der Waals surface area contributed by atoms with Gasteiger partial charge in [0.25, 0.3) is 0 Å². The van der Waals surface area contributed by atoms with E-state index >= 15 is 0 Å². The van der Waals surface area contributed by atoms with Crippen LogP contribution in [-0.2, 0) is 18.8 Å². The molecule has 2 aliphatic rings. The third kappa shape index (κ3) is 6.88. The molecule has 3 rings (SSSR count). The molecule has 2 atom stereocenters. The minimum absolute atomic E-state index is 0.0840. The van der Waals surface area contributed by atoms with Gasteiger partial charge < -0.3 is 29.6 Å². The van der Waals surface area contributed by atoms with E-state index in [1.54, 1.807) is 33.2 Å². The van der Waals surface area contributed by atoms with Crippen molar-refractivity contribution in [1.82, 2.24) is 20.6 Å². The molecule has 0 radical (unpaired) electrons. The Bertz CT molecular complexity index is 916. The summed E-state index contributed by atoms with van der Waals surface area (Å²) in [5.41, 5.74) is -0.724. The summed E-state index contributed by atoms with van der Waals surface area (Å²) in [6.07, 6.45) is 4.61. The van der Waals surface area contributed by atoms with Crippen LogP contribution in [0.5, 0.6) is 0 Å². The summed E-state index contributed by atoms with van der Waals surface area (Å²) < 4.78 is 17.5. The van der Waals surface area contributed by atoms with Gasteiger partial charge in [-0.25, -0.2) is 14.8 Å².